The second-order valence-corrected chi connectivity index (χ2v) is 4.72. The van der Waals surface area contributed by atoms with Crippen molar-refractivity contribution in [3.8, 4) is 0 Å². The van der Waals surface area contributed by atoms with E-state index >= 15 is 0 Å². The summed E-state index contributed by atoms with van der Waals surface area (Å²) in [5, 5.41) is 11.2. The molecule has 0 saturated heterocycles. The predicted octanol–water partition coefficient (Wildman–Crippen LogP) is 3.82. The Labute approximate surface area is 115 Å². The fourth-order valence-corrected chi connectivity index (χ4v) is 2.34. The van der Waals surface area contributed by atoms with Gasteiger partial charge in [-0.2, -0.15) is 13.2 Å². The molecule has 0 fully saturated rings. The molecule has 102 valence electrons. The van der Waals surface area contributed by atoms with Gasteiger partial charge in [0.05, 0.1) is 16.3 Å². The Kier molecular flexibility index (Phi) is 3.40. The van der Waals surface area contributed by atoms with Gasteiger partial charge < -0.3 is 10.4 Å². The first-order valence-corrected chi connectivity index (χ1v) is 5.73. The summed E-state index contributed by atoms with van der Waals surface area (Å²) in [6.07, 6.45) is -3.82. The summed E-state index contributed by atoms with van der Waals surface area (Å²) in [7, 11) is 0. The van der Waals surface area contributed by atoms with E-state index in [2.05, 4.69) is 5.32 Å². The molecule has 0 aromatic heterocycles. The highest BCUT2D eigenvalue weighted by atomic mass is 35.5. The molecule has 1 atom stereocenters. The lowest BCUT2D eigenvalue weighted by Gasteiger charge is -2.28. The van der Waals surface area contributed by atoms with Crippen LogP contribution in [-0.2, 0) is 4.79 Å². The van der Waals surface area contributed by atoms with Crippen molar-refractivity contribution >= 4 is 40.9 Å². The Morgan fingerprint density at radius 2 is 1.95 bits per heavy atom. The number of nitrogens with one attached hydrogen (secondary N) is 1. The Hall–Kier alpha value is -1.40. The number of alkyl halides is 3. The second-order valence-electron chi connectivity index (χ2n) is 3.88. The molecule has 2 N–H and O–H groups in total. The number of aliphatic carboxylic acids is 1. The van der Waals surface area contributed by atoms with E-state index < -0.39 is 23.8 Å². The van der Waals surface area contributed by atoms with Gasteiger partial charge in [0.15, 0.2) is 6.04 Å². The third-order valence-electron chi connectivity index (χ3n) is 2.57. The third-order valence-corrected chi connectivity index (χ3v) is 3.09. The summed E-state index contributed by atoms with van der Waals surface area (Å²) in [6, 6.07) is 0.309. The van der Waals surface area contributed by atoms with Crippen LogP contribution in [0.4, 0.5) is 18.9 Å². The fraction of sp³-hybridized carbons (Fsp3) is 0.182. The van der Waals surface area contributed by atoms with Gasteiger partial charge >= 0.3 is 12.1 Å². The average Bonchev–Trinajstić information content (AvgIpc) is 2.25. The average molecular weight is 312 g/mol. The Morgan fingerprint density at radius 3 is 2.47 bits per heavy atom. The van der Waals surface area contributed by atoms with Crippen LogP contribution in [0.15, 0.2) is 17.7 Å². The van der Waals surface area contributed by atoms with Gasteiger partial charge in [0.1, 0.15) is 0 Å². The molecule has 19 heavy (non-hydrogen) atoms. The molecule has 3 nitrogen and oxygen atoms in total. The summed E-state index contributed by atoms with van der Waals surface area (Å²) in [4.78, 5) is 10.9. The van der Waals surface area contributed by atoms with Gasteiger partial charge in [0.2, 0.25) is 0 Å². The molecule has 1 heterocycles. The number of fused-ring (bicyclic) bond motifs is 1. The van der Waals surface area contributed by atoms with E-state index in [1.54, 1.807) is 0 Å². The Balaban J connectivity index is 2.61. The van der Waals surface area contributed by atoms with Crippen LogP contribution in [-0.4, -0.2) is 23.3 Å². The number of carboxylic acids is 1. The van der Waals surface area contributed by atoms with Gasteiger partial charge in [-0.1, -0.05) is 23.2 Å². The molecule has 0 radical (unpaired) electrons. The minimum atomic E-state index is -4.75. The maximum atomic E-state index is 12.8. The molecule has 0 unspecified atom stereocenters. The van der Waals surface area contributed by atoms with E-state index in [0.717, 1.165) is 6.08 Å². The molecule has 0 aliphatic carbocycles. The lowest BCUT2D eigenvalue weighted by Crippen LogP contribution is -2.42. The van der Waals surface area contributed by atoms with Crippen molar-refractivity contribution in [2.24, 2.45) is 0 Å². The summed E-state index contributed by atoms with van der Waals surface area (Å²) in [5.41, 5.74) is -0.591. The first-order chi connectivity index (χ1) is 8.70. The molecule has 1 aromatic rings. The molecular weight excluding hydrogens is 306 g/mol. The lowest BCUT2D eigenvalue weighted by molar-refractivity contribution is -0.146. The molecular formula is C11H6Cl2F3NO2. The lowest BCUT2D eigenvalue weighted by atomic mass is 9.97. The van der Waals surface area contributed by atoms with Crippen LogP contribution in [0.3, 0.4) is 0 Å². The van der Waals surface area contributed by atoms with Crippen molar-refractivity contribution in [2.45, 2.75) is 12.2 Å². The van der Waals surface area contributed by atoms with Crippen molar-refractivity contribution < 1.29 is 23.1 Å². The van der Waals surface area contributed by atoms with Crippen molar-refractivity contribution in [1.82, 2.24) is 0 Å². The van der Waals surface area contributed by atoms with Crippen LogP contribution in [0.25, 0.3) is 6.08 Å². The standard InChI is InChI=1S/C11H6Cl2F3NO2/c12-5-1-4-2-6(10(18)19)9(11(14,15)16)17-8(4)7(13)3-5/h1-3,9,17H,(H,18,19)/t9-/m0/s1. The molecule has 0 spiro atoms. The molecule has 0 saturated carbocycles. The van der Waals surface area contributed by atoms with Crippen molar-refractivity contribution in [2.75, 3.05) is 5.32 Å². The Morgan fingerprint density at radius 1 is 1.32 bits per heavy atom. The zero-order valence-electron chi connectivity index (χ0n) is 9.05. The molecule has 0 amide bonds. The molecule has 1 aromatic carbocycles. The SMILES string of the molecule is O=C(O)C1=Cc2cc(Cl)cc(Cl)c2N[C@@H]1C(F)(F)F. The van der Waals surface area contributed by atoms with Gasteiger partial charge in [0.25, 0.3) is 0 Å². The highest BCUT2D eigenvalue weighted by Crippen LogP contribution is 2.40. The normalized spacial score (nSPS) is 18.4. The highest BCUT2D eigenvalue weighted by Gasteiger charge is 2.46. The molecule has 8 heteroatoms. The first kappa shape index (κ1) is 14.0. The summed E-state index contributed by atoms with van der Waals surface area (Å²) in [5.74, 6) is -1.66. The zero-order valence-corrected chi connectivity index (χ0v) is 10.6. The van der Waals surface area contributed by atoms with E-state index in [-0.39, 0.29) is 21.3 Å². The summed E-state index contributed by atoms with van der Waals surface area (Å²) < 4.78 is 38.5. The number of rotatable bonds is 1. The van der Waals surface area contributed by atoms with Crippen LogP contribution < -0.4 is 5.32 Å². The number of anilines is 1. The van der Waals surface area contributed by atoms with Crippen molar-refractivity contribution in [3.63, 3.8) is 0 Å². The number of hydrogen-bond donors (Lipinski definition) is 2. The maximum Gasteiger partial charge on any atom is 0.413 e. The smallest absolute Gasteiger partial charge is 0.413 e. The monoisotopic (exact) mass is 311 g/mol. The van der Waals surface area contributed by atoms with E-state index in [0.29, 0.717) is 0 Å². The van der Waals surface area contributed by atoms with Crippen LogP contribution in [0.1, 0.15) is 5.56 Å². The molecule has 1 aliphatic heterocycles. The molecule has 0 bridgehead atoms. The van der Waals surface area contributed by atoms with Crippen LogP contribution in [0, 0.1) is 0 Å². The highest BCUT2D eigenvalue weighted by molar-refractivity contribution is 6.37. The number of benzene rings is 1. The topological polar surface area (TPSA) is 49.3 Å². The van der Waals surface area contributed by atoms with Gasteiger partial charge in [-0.05, 0) is 18.2 Å². The van der Waals surface area contributed by atoms with Crippen molar-refractivity contribution in [1.29, 1.82) is 0 Å². The number of carboxylic acid groups (broad SMARTS) is 1. The number of hydrogen-bond acceptors (Lipinski definition) is 2. The predicted molar refractivity (Wildman–Crippen MR) is 65.5 cm³/mol. The van der Waals surface area contributed by atoms with Gasteiger partial charge in [-0.25, -0.2) is 4.79 Å². The summed E-state index contributed by atoms with van der Waals surface area (Å²) >= 11 is 11.5. The van der Waals surface area contributed by atoms with Crippen LogP contribution >= 0.6 is 23.2 Å². The largest absolute Gasteiger partial charge is 0.478 e. The third kappa shape index (κ3) is 2.64. The van der Waals surface area contributed by atoms with Crippen LogP contribution in [0.5, 0.6) is 0 Å². The summed E-state index contributed by atoms with van der Waals surface area (Å²) in [6.45, 7) is 0. The number of carbonyl (C=O) groups is 1. The van der Waals surface area contributed by atoms with E-state index in [1.165, 1.54) is 12.1 Å². The fourth-order valence-electron chi connectivity index (χ4n) is 1.78. The van der Waals surface area contributed by atoms with E-state index in [9.17, 15) is 18.0 Å². The van der Waals surface area contributed by atoms with Gasteiger partial charge in [-0.3, -0.25) is 0 Å². The Bertz CT molecular complexity index is 584. The zero-order chi connectivity index (χ0) is 14.4. The maximum absolute atomic E-state index is 12.8. The van der Waals surface area contributed by atoms with Crippen molar-refractivity contribution in [3.05, 3.63) is 33.3 Å². The van der Waals surface area contributed by atoms with Gasteiger partial charge in [0, 0.05) is 10.6 Å². The minimum absolute atomic E-state index is 0.00237. The second kappa shape index (κ2) is 4.61. The molecule has 1 aliphatic rings. The van der Waals surface area contributed by atoms with Gasteiger partial charge in [-0.15, -0.1) is 0 Å². The first-order valence-electron chi connectivity index (χ1n) is 4.97. The van der Waals surface area contributed by atoms with Crippen LogP contribution in [0.2, 0.25) is 10.0 Å². The minimum Gasteiger partial charge on any atom is -0.478 e. The van der Waals surface area contributed by atoms with E-state index in [4.69, 9.17) is 28.3 Å². The van der Waals surface area contributed by atoms with E-state index in [1.807, 2.05) is 0 Å². The number of halogens is 5. The quantitative estimate of drug-likeness (QED) is 0.829. The molecule has 2 rings (SSSR count).